The quantitative estimate of drug-likeness (QED) is 0.649. The second-order valence-electron chi connectivity index (χ2n) is 4.34. The fraction of sp³-hybridized carbons (Fsp3) is 0.125. The number of nitrogens with zero attached hydrogens (tertiary/aromatic N) is 1. The van der Waals surface area contributed by atoms with Gasteiger partial charge in [0.1, 0.15) is 5.75 Å². The molecule has 0 saturated carbocycles. The number of hydrogen-bond acceptors (Lipinski definition) is 3. The number of rotatable bonds is 5. The van der Waals surface area contributed by atoms with Gasteiger partial charge in [-0.1, -0.05) is 29.8 Å². The second kappa shape index (κ2) is 8.05. The first-order valence-corrected chi connectivity index (χ1v) is 7.13. The third-order valence-electron chi connectivity index (χ3n) is 2.63. The molecule has 2 rings (SSSR count). The van der Waals surface area contributed by atoms with E-state index in [1.165, 1.54) is 0 Å². The maximum Gasteiger partial charge on any atom is 0.339 e. The minimum absolute atomic E-state index is 0.445. The molecule has 0 spiro atoms. The van der Waals surface area contributed by atoms with Crippen LogP contribution in [0.4, 0.5) is 10.5 Å². The summed E-state index contributed by atoms with van der Waals surface area (Å²) in [4.78, 5) is 11.7. The highest BCUT2D eigenvalue weighted by Crippen LogP contribution is 2.14. The zero-order valence-electron chi connectivity index (χ0n) is 12.0. The lowest BCUT2D eigenvalue weighted by atomic mass is 10.2. The molecule has 0 radical (unpaired) electrons. The first-order chi connectivity index (χ1) is 10.7. The average molecular weight is 318 g/mol. The van der Waals surface area contributed by atoms with E-state index < -0.39 is 6.03 Å². The first kappa shape index (κ1) is 15.9. The lowest BCUT2D eigenvalue weighted by Crippen LogP contribution is -2.24. The van der Waals surface area contributed by atoms with Crippen LogP contribution in [0, 0.1) is 0 Å². The third kappa shape index (κ3) is 5.10. The van der Waals surface area contributed by atoms with Crippen LogP contribution in [0.3, 0.4) is 0 Å². The van der Waals surface area contributed by atoms with E-state index in [4.69, 9.17) is 16.3 Å². The Balaban J connectivity index is 1.89. The largest absolute Gasteiger partial charge is 0.494 e. The summed E-state index contributed by atoms with van der Waals surface area (Å²) in [6.07, 6.45) is 1.54. The molecule has 0 unspecified atom stereocenters. The summed E-state index contributed by atoms with van der Waals surface area (Å²) in [5.74, 6) is 0.759. The molecule has 0 fully saturated rings. The van der Waals surface area contributed by atoms with Crippen LogP contribution in [0.25, 0.3) is 0 Å². The predicted octanol–water partition coefficient (Wildman–Crippen LogP) is 3.89. The highest BCUT2D eigenvalue weighted by molar-refractivity contribution is 6.30. The highest BCUT2D eigenvalue weighted by atomic mass is 35.5. The number of carbonyl (C=O) groups excluding carboxylic acids is 1. The van der Waals surface area contributed by atoms with Crippen LogP contribution < -0.4 is 15.5 Å². The summed E-state index contributed by atoms with van der Waals surface area (Å²) in [6.45, 7) is 2.52. The Kier molecular flexibility index (Phi) is 5.80. The Morgan fingerprint density at radius 1 is 1.27 bits per heavy atom. The number of hydrazone groups is 1. The number of urea groups is 1. The van der Waals surface area contributed by atoms with Crippen molar-refractivity contribution in [2.75, 3.05) is 11.9 Å². The van der Waals surface area contributed by atoms with Crippen LogP contribution in [-0.2, 0) is 0 Å². The van der Waals surface area contributed by atoms with Crippen molar-refractivity contribution in [3.8, 4) is 5.75 Å². The third-order valence-corrected chi connectivity index (χ3v) is 2.87. The Morgan fingerprint density at radius 3 is 2.86 bits per heavy atom. The molecule has 22 heavy (non-hydrogen) atoms. The summed E-state index contributed by atoms with van der Waals surface area (Å²) < 4.78 is 5.39. The molecule has 0 heterocycles. The molecular weight excluding hydrogens is 302 g/mol. The summed E-state index contributed by atoms with van der Waals surface area (Å²) in [5.41, 5.74) is 3.81. The van der Waals surface area contributed by atoms with Crippen molar-refractivity contribution >= 4 is 29.5 Å². The topological polar surface area (TPSA) is 62.7 Å². The zero-order valence-corrected chi connectivity index (χ0v) is 12.8. The summed E-state index contributed by atoms with van der Waals surface area (Å²) >= 11 is 5.84. The highest BCUT2D eigenvalue weighted by Gasteiger charge is 2.00. The molecule has 0 aliphatic rings. The number of benzene rings is 2. The molecule has 0 atom stereocenters. The number of hydrogen-bond donors (Lipinski definition) is 2. The van der Waals surface area contributed by atoms with E-state index in [9.17, 15) is 4.79 Å². The summed E-state index contributed by atoms with van der Waals surface area (Å²) in [7, 11) is 0. The second-order valence-corrected chi connectivity index (χ2v) is 4.78. The molecule has 0 aliphatic heterocycles. The monoisotopic (exact) mass is 317 g/mol. The lowest BCUT2D eigenvalue weighted by molar-refractivity contribution is 0.252. The van der Waals surface area contributed by atoms with Crippen LogP contribution in [0.15, 0.2) is 53.6 Å². The smallest absolute Gasteiger partial charge is 0.339 e. The van der Waals surface area contributed by atoms with E-state index in [1.807, 2.05) is 31.2 Å². The lowest BCUT2D eigenvalue weighted by Gasteiger charge is -2.04. The van der Waals surface area contributed by atoms with Gasteiger partial charge in [0.25, 0.3) is 0 Å². The molecule has 2 aromatic carbocycles. The van der Waals surface area contributed by atoms with Crippen molar-refractivity contribution < 1.29 is 9.53 Å². The fourth-order valence-corrected chi connectivity index (χ4v) is 1.93. The van der Waals surface area contributed by atoms with E-state index in [-0.39, 0.29) is 0 Å². The van der Waals surface area contributed by atoms with Crippen molar-refractivity contribution in [1.29, 1.82) is 0 Å². The SMILES string of the molecule is CCOc1cccc(/C=N\NC(=O)Nc2cccc(Cl)c2)c1. The zero-order chi connectivity index (χ0) is 15.8. The van der Waals surface area contributed by atoms with E-state index in [1.54, 1.807) is 30.5 Å². The normalized spacial score (nSPS) is 10.5. The summed E-state index contributed by atoms with van der Waals surface area (Å²) in [5, 5.41) is 7.06. The van der Waals surface area contributed by atoms with Crippen molar-refractivity contribution in [2.24, 2.45) is 5.10 Å². The molecule has 0 aliphatic carbocycles. The average Bonchev–Trinajstić information content (AvgIpc) is 2.48. The maximum atomic E-state index is 11.7. The van der Waals surface area contributed by atoms with Crippen molar-refractivity contribution in [2.45, 2.75) is 6.92 Å². The number of amides is 2. The minimum Gasteiger partial charge on any atom is -0.494 e. The Morgan fingerprint density at radius 2 is 2.09 bits per heavy atom. The van der Waals surface area contributed by atoms with Gasteiger partial charge < -0.3 is 10.1 Å². The van der Waals surface area contributed by atoms with Crippen molar-refractivity contribution in [3.63, 3.8) is 0 Å². The molecule has 2 aromatic rings. The van der Waals surface area contributed by atoms with Gasteiger partial charge >= 0.3 is 6.03 Å². The van der Waals surface area contributed by atoms with Gasteiger partial charge in [-0.25, -0.2) is 10.2 Å². The molecule has 0 bridgehead atoms. The van der Waals surface area contributed by atoms with Gasteiger partial charge in [-0.15, -0.1) is 0 Å². The van der Waals surface area contributed by atoms with Crippen LogP contribution in [-0.4, -0.2) is 18.9 Å². The fourth-order valence-electron chi connectivity index (χ4n) is 1.74. The minimum atomic E-state index is -0.445. The van der Waals surface area contributed by atoms with Crippen LogP contribution in [0.1, 0.15) is 12.5 Å². The standard InChI is InChI=1S/C16H16ClN3O2/c1-2-22-15-8-3-5-12(9-15)11-18-20-16(21)19-14-7-4-6-13(17)10-14/h3-11H,2H2,1H3,(H2,19,20,21)/b18-11-. The van der Waals surface area contributed by atoms with Crippen LogP contribution in [0.2, 0.25) is 5.02 Å². The Hall–Kier alpha value is -2.53. The molecule has 0 aromatic heterocycles. The molecule has 5 nitrogen and oxygen atoms in total. The van der Waals surface area contributed by atoms with Gasteiger partial charge in [0.05, 0.1) is 12.8 Å². The first-order valence-electron chi connectivity index (χ1n) is 6.76. The van der Waals surface area contributed by atoms with Gasteiger partial charge in [0, 0.05) is 10.7 Å². The van der Waals surface area contributed by atoms with Crippen molar-refractivity contribution in [3.05, 3.63) is 59.1 Å². The molecule has 2 amide bonds. The molecule has 6 heteroatoms. The van der Waals surface area contributed by atoms with E-state index in [0.717, 1.165) is 11.3 Å². The van der Waals surface area contributed by atoms with Crippen LogP contribution >= 0.6 is 11.6 Å². The Bertz CT molecular complexity index is 674. The van der Waals surface area contributed by atoms with E-state index in [0.29, 0.717) is 17.3 Å². The summed E-state index contributed by atoms with van der Waals surface area (Å²) in [6, 6.07) is 13.8. The number of carbonyl (C=O) groups is 1. The number of nitrogens with one attached hydrogen (secondary N) is 2. The predicted molar refractivity (Wildman–Crippen MR) is 88.8 cm³/mol. The van der Waals surface area contributed by atoms with E-state index in [2.05, 4.69) is 15.8 Å². The van der Waals surface area contributed by atoms with Crippen molar-refractivity contribution in [1.82, 2.24) is 5.43 Å². The molecule has 0 saturated heterocycles. The molecule has 114 valence electrons. The van der Waals surface area contributed by atoms with Gasteiger partial charge in [-0.2, -0.15) is 5.10 Å². The number of halogens is 1. The molecular formula is C16H16ClN3O2. The van der Waals surface area contributed by atoms with Gasteiger partial charge in [-0.05, 0) is 42.8 Å². The van der Waals surface area contributed by atoms with Gasteiger partial charge in [0.2, 0.25) is 0 Å². The number of anilines is 1. The Labute approximate surface area is 133 Å². The maximum absolute atomic E-state index is 11.7. The number of ether oxygens (including phenoxy) is 1. The molecule has 2 N–H and O–H groups in total. The van der Waals surface area contributed by atoms with E-state index >= 15 is 0 Å². The van der Waals surface area contributed by atoms with Gasteiger partial charge in [-0.3, -0.25) is 0 Å². The van der Waals surface area contributed by atoms with Crippen LogP contribution in [0.5, 0.6) is 5.75 Å². The van der Waals surface area contributed by atoms with Gasteiger partial charge in [0.15, 0.2) is 0 Å².